The highest BCUT2D eigenvalue weighted by Crippen LogP contribution is 2.26. The van der Waals surface area contributed by atoms with Crippen LogP contribution in [-0.2, 0) is 9.84 Å². The zero-order chi connectivity index (χ0) is 15.6. The molecule has 2 rings (SSSR count). The standard InChI is InChI=1S/C14H11Cl2NO3S/c1-21(19,20)11-4-2-3-9(7-11)14(18)17-13-6-5-10(15)8-12(13)16/h2-8H,1H3,(H,17,18). The number of carbonyl (C=O) groups excluding carboxylic acids is 1. The van der Waals surface area contributed by atoms with Crippen molar-refractivity contribution >= 4 is 44.6 Å². The second-order valence-electron chi connectivity index (χ2n) is 4.38. The van der Waals surface area contributed by atoms with E-state index in [2.05, 4.69) is 5.32 Å². The molecule has 0 aliphatic carbocycles. The summed E-state index contributed by atoms with van der Waals surface area (Å²) in [5.74, 6) is -0.454. The molecule has 2 aromatic rings. The summed E-state index contributed by atoms with van der Waals surface area (Å²) in [6, 6.07) is 10.4. The molecule has 110 valence electrons. The van der Waals surface area contributed by atoms with Gasteiger partial charge in [0.2, 0.25) is 0 Å². The lowest BCUT2D eigenvalue weighted by Gasteiger charge is -2.08. The quantitative estimate of drug-likeness (QED) is 0.924. The molecule has 0 saturated carbocycles. The van der Waals surface area contributed by atoms with Gasteiger partial charge in [0.05, 0.1) is 15.6 Å². The van der Waals surface area contributed by atoms with Gasteiger partial charge in [-0.3, -0.25) is 4.79 Å². The molecule has 0 fully saturated rings. The predicted octanol–water partition coefficient (Wildman–Crippen LogP) is 3.65. The van der Waals surface area contributed by atoms with E-state index in [0.717, 1.165) is 6.26 Å². The maximum absolute atomic E-state index is 12.1. The van der Waals surface area contributed by atoms with E-state index in [1.807, 2.05) is 0 Å². The number of sulfone groups is 1. The Morgan fingerprint density at radius 3 is 2.43 bits per heavy atom. The van der Waals surface area contributed by atoms with Crippen LogP contribution < -0.4 is 5.32 Å². The molecule has 21 heavy (non-hydrogen) atoms. The number of amides is 1. The molecular weight excluding hydrogens is 333 g/mol. The van der Waals surface area contributed by atoms with Gasteiger partial charge in [-0.2, -0.15) is 0 Å². The number of hydrogen-bond acceptors (Lipinski definition) is 3. The van der Waals surface area contributed by atoms with Crippen LogP contribution in [0.2, 0.25) is 10.0 Å². The maximum atomic E-state index is 12.1. The normalized spacial score (nSPS) is 11.2. The average molecular weight is 344 g/mol. The molecule has 0 unspecified atom stereocenters. The summed E-state index contributed by atoms with van der Waals surface area (Å²) >= 11 is 11.7. The van der Waals surface area contributed by atoms with Crippen LogP contribution in [-0.4, -0.2) is 20.6 Å². The zero-order valence-corrected chi connectivity index (χ0v) is 13.3. The first-order valence-electron chi connectivity index (χ1n) is 5.84. The number of hydrogen-bond donors (Lipinski definition) is 1. The third-order valence-electron chi connectivity index (χ3n) is 2.70. The minimum Gasteiger partial charge on any atom is -0.321 e. The summed E-state index contributed by atoms with van der Waals surface area (Å²) in [5, 5.41) is 3.36. The smallest absolute Gasteiger partial charge is 0.255 e. The number of anilines is 1. The van der Waals surface area contributed by atoms with Crippen molar-refractivity contribution < 1.29 is 13.2 Å². The highest BCUT2D eigenvalue weighted by Gasteiger charge is 2.13. The lowest BCUT2D eigenvalue weighted by Crippen LogP contribution is -2.13. The van der Waals surface area contributed by atoms with Crippen molar-refractivity contribution in [2.75, 3.05) is 11.6 Å². The molecule has 4 nitrogen and oxygen atoms in total. The maximum Gasteiger partial charge on any atom is 0.255 e. The molecule has 0 aliphatic heterocycles. The topological polar surface area (TPSA) is 63.2 Å². The van der Waals surface area contributed by atoms with Gasteiger partial charge in [-0.25, -0.2) is 8.42 Å². The Morgan fingerprint density at radius 1 is 1.10 bits per heavy atom. The van der Waals surface area contributed by atoms with E-state index in [1.165, 1.54) is 30.3 Å². The molecule has 0 aliphatic rings. The fraction of sp³-hybridized carbons (Fsp3) is 0.0714. The Balaban J connectivity index is 2.29. The van der Waals surface area contributed by atoms with Gasteiger partial charge in [-0.1, -0.05) is 29.3 Å². The van der Waals surface area contributed by atoms with E-state index in [1.54, 1.807) is 12.1 Å². The van der Waals surface area contributed by atoms with Crippen LogP contribution in [0.3, 0.4) is 0 Å². The molecule has 1 amide bonds. The van der Waals surface area contributed by atoms with Crippen molar-refractivity contribution in [2.45, 2.75) is 4.90 Å². The first-order valence-corrected chi connectivity index (χ1v) is 8.48. The summed E-state index contributed by atoms with van der Waals surface area (Å²) in [5.41, 5.74) is 0.625. The lowest BCUT2D eigenvalue weighted by molar-refractivity contribution is 0.102. The van der Waals surface area contributed by atoms with Crippen LogP contribution in [0.4, 0.5) is 5.69 Å². The fourth-order valence-electron chi connectivity index (χ4n) is 1.65. The molecule has 0 aromatic heterocycles. The van der Waals surface area contributed by atoms with E-state index in [9.17, 15) is 13.2 Å². The molecule has 0 spiro atoms. The molecule has 2 aromatic carbocycles. The largest absolute Gasteiger partial charge is 0.321 e. The summed E-state index contributed by atoms with van der Waals surface area (Å²) in [6.07, 6.45) is 1.08. The molecule has 1 N–H and O–H groups in total. The fourth-order valence-corrected chi connectivity index (χ4v) is 2.78. The second kappa shape index (κ2) is 6.05. The Morgan fingerprint density at radius 2 is 1.81 bits per heavy atom. The lowest BCUT2D eigenvalue weighted by atomic mass is 10.2. The predicted molar refractivity (Wildman–Crippen MR) is 84.0 cm³/mol. The number of halogens is 2. The first kappa shape index (κ1) is 15.8. The molecule has 7 heteroatoms. The summed E-state index contributed by atoms with van der Waals surface area (Å²) < 4.78 is 23.0. The van der Waals surface area contributed by atoms with E-state index < -0.39 is 15.7 Å². The average Bonchev–Trinajstić information content (AvgIpc) is 2.41. The third-order valence-corrected chi connectivity index (χ3v) is 4.36. The van der Waals surface area contributed by atoms with Gasteiger partial charge in [0.15, 0.2) is 9.84 Å². The summed E-state index contributed by atoms with van der Waals surface area (Å²) in [4.78, 5) is 12.2. The van der Waals surface area contributed by atoms with Crippen LogP contribution >= 0.6 is 23.2 Å². The van der Waals surface area contributed by atoms with Crippen LogP contribution in [0.1, 0.15) is 10.4 Å². The number of carbonyl (C=O) groups is 1. The van der Waals surface area contributed by atoms with Crippen molar-refractivity contribution in [3.05, 3.63) is 58.1 Å². The van der Waals surface area contributed by atoms with Gasteiger partial charge in [-0.15, -0.1) is 0 Å². The summed E-state index contributed by atoms with van der Waals surface area (Å²) in [6.45, 7) is 0. The van der Waals surface area contributed by atoms with E-state index in [4.69, 9.17) is 23.2 Å². The number of rotatable bonds is 3. The van der Waals surface area contributed by atoms with E-state index >= 15 is 0 Å². The number of nitrogens with one attached hydrogen (secondary N) is 1. The van der Waals surface area contributed by atoms with Crippen LogP contribution in [0.15, 0.2) is 47.4 Å². The Bertz CT molecular complexity index is 804. The van der Waals surface area contributed by atoms with E-state index in [0.29, 0.717) is 15.7 Å². The molecular formula is C14H11Cl2NO3S. The van der Waals surface area contributed by atoms with Gasteiger partial charge < -0.3 is 5.32 Å². The first-order chi connectivity index (χ1) is 9.77. The van der Waals surface area contributed by atoms with Crippen molar-refractivity contribution in [1.29, 1.82) is 0 Å². The van der Waals surface area contributed by atoms with Crippen molar-refractivity contribution in [3.63, 3.8) is 0 Å². The van der Waals surface area contributed by atoms with Crippen LogP contribution in [0.25, 0.3) is 0 Å². The summed E-state index contributed by atoms with van der Waals surface area (Å²) in [7, 11) is -3.37. The highest BCUT2D eigenvalue weighted by molar-refractivity contribution is 7.90. The Hall–Kier alpha value is -1.56. The van der Waals surface area contributed by atoms with Crippen molar-refractivity contribution in [3.8, 4) is 0 Å². The minimum absolute atomic E-state index is 0.0809. The van der Waals surface area contributed by atoms with Gasteiger partial charge >= 0.3 is 0 Å². The van der Waals surface area contributed by atoms with Gasteiger partial charge in [0, 0.05) is 16.8 Å². The van der Waals surface area contributed by atoms with Gasteiger partial charge in [0.25, 0.3) is 5.91 Å². The van der Waals surface area contributed by atoms with Crippen LogP contribution in [0, 0.1) is 0 Å². The second-order valence-corrected chi connectivity index (χ2v) is 7.24. The molecule has 0 heterocycles. The highest BCUT2D eigenvalue weighted by atomic mass is 35.5. The van der Waals surface area contributed by atoms with Gasteiger partial charge in [-0.05, 0) is 36.4 Å². The minimum atomic E-state index is -3.37. The SMILES string of the molecule is CS(=O)(=O)c1cccc(C(=O)Nc2ccc(Cl)cc2Cl)c1. The van der Waals surface area contributed by atoms with Gasteiger partial charge in [0.1, 0.15) is 0 Å². The zero-order valence-electron chi connectivity index (χ0n) is 10.9. The molecule has 0 saturated heterocycles. The molecule has 0 bridgehead atoms. The Kier molecular flexibility index (Phi) is 4.56. The van der Waals surface area contributed by atoms with Crippen molar-refractivity contribution in [1.82, 2.24) is 0 Å². The molecule has 0 atom stereocenters. The van der Waals surface area contributed by atoms with E-state index in [-0.39, 0.29) is 10.5 Å². The van der Waals surface area contributed by atoms with Crippen LogP contribution in [0.5, 0.6) is 0 Å². The number of benzene rings is 2. The Labute approximate surface area is 132 Å². The molecule has 0 radical (unpaired) electrons. The third kappa shape index (κ3) is 3.97. The van der Waals surface area contributed by atoms with Crippen molar-refractivity contribution in [2.24, 2.45) is 0 Å². The monoisotopic (exact) mass is 343 g/mol.